The van der Waals surface area contributed by atoms with Crippen LogP contribution in [0.2, 0.25) is 0 Å². The van der Waals surface area contributed by atoms with Gasteiger partial charge in [0.25, 0.3) is 0 Å². The highest BCUT2D eigenvalue weighted by atomic mass is 16.5. The van der Waals surface area contributed by atoms with Gasteiger partial charge < -0.3 is 14.6 Å². The first-order chi connectivity index (χ1) is 9.36. The second-order valence-corrected chi connectivity index (χ2v) is 5.72. The zero-order chi connectivity index (χ0) is 13.1. The number of piperazine rings is 1. The fourth-order valence-corrected chi connectivity index (χ4v) is 3.50. The van der Waals surface area contributed by atoms with Crippen molar-refractivity contribution in [2.24, 2.45) is 13.0 Å². The quantitative estimate of drug-likeness (QED) is 0.894. The first-order valence-electron chi connectivity index (χ1n) is 7.50. The van der Waals surface area contributed by atoms with Crippen LogP contribution in [0.1, 0.15) is 24.6 Å². The second-order valence-electron chi connectivity index (χ2n) is 5.72. The Labute approximate surface area is 115 Å². The van der Waals surface area contributed by atoms with Crippen molar-refractivity contribution in [2.45, 2.75) is 18.9 Å². The van der Waals surface area contributed by atoms with Crippen LogP contribution in [0, 0.1) is 5.92 Å². The van der Waals surface area contributed by atoms with Gasteiger partial charge in [-0.25, -0.2) is 0 Å². The lowest BCUT2D eigenvalue weighted by Crippen LogP contribution is -2.48. The average molecular weight is 263 g/mol. The maximum absolute atomic E-state index is 5.55. The van der Waals surface area contributed by atoms with Crippen molar-refractivity contribution in [1.29, 1.82) is 0 Å². The third kappa shape index (κ3) is 2.86. The summed E-state index contributed by atoms with van der Waals surface area (Å²) in [6, 6.07) is 5.03. The number of hydrogen-bond acceptors (Lipinski definition) is 3. The van der Waals surface area contributed by atoms with Gasteiger partial charge >= 0.3 is 0 Å². The molecule has 2 aliphatic heterocycles. The van der Waals surface area contributed by atoms with E-state index in [-0.39, 0.29) is 0 Å². The molecule has 0 saturated carbocycles. The van der Waals surface area contributed by atoms with Crippen LogP contribution >= 0.6 is 0 Å². The molecule has 0 unspecified atom stereocenters. The van der Waals surface area contributed by atoms with E-state index in [4.69, 9.17) is 4.74 Å². The zero-order valence-electron chi connectivity index (χ0n) is 11.8. The molecule has 0 spiro atoms. The van der Waals surface area contributed by atoms with Gasteiger partial charge in [0.2, 0.25) is 0 Å². The monoisotopic (exact) mass is 263 g/mol. The van der Waals surface area contributed by atoms with Crippen molar-refractivity contribution < 1.29 is 4.74 Å². The Morgan fingerprint density at radius 1 is 1.26 bits per heavy atom. The van der Waals surface area contributed by atoms with E-state index in [9.17, 15) is 0 Å². The summed E-state index contributed by atoms with van der Waals surface area (Å²) in [6.45, 7) is 6.41. The predicted octanol–water partition coefficient (Wildman–Crippen LogP) is 1.40. The van der Waals surface area contributed by atoms with Gasteiger partial charge in [0, 0.05) is 58.3 Å². The van der Waals surface area contributed by atoms with Gasteiger partial charge in [-0.15, -0.1) is 0 Å². The van der Waals surface area contributed by atoms with E-state index in [0.29, 0.717) is 6.04 Å². The second kappa shape index (κ2) is 6.07. The van der Waals surface area contributed by atoms with Crippen molar-refractivity contribution in [3.8, 4) is 0 Å². The number of nitrogens with one attached hydrogen (secondary N) is 1. The summed E-state index contributed by atoms with van der Waals surface area (Å²) in [5, 5.41) is 3.46. The lowest BCUT2D eigenvalue weighted by Gasteiger charge is -2.41. The van der Waals surface area contributed by atoms with Gasteiger partial charge in [0.15, 0.2) is 0 Å². The van der Waals surface area contributed by atoms with Crippen molar-refractivity contribution in [2.75, 3.05) is 39.4 Å². The summed E-state index contributed by atoms with van der Waals surface area (Å²) in [6.07, 6.45) is 4.56. The maximum atomic E-state index is 5.55. The molecule has 0 radical (unpaired) electrons. The number of aryl methyl sites for hydroxylation is 1. The van der Waals surface area contributed by atoms with Gasteiger partial charge in [-0.05, 0) is 30.9 Å². The molecule has 2 aliphatic rings. The standard InChI is InChI=1S/C15H25N3O/c1-17-8-2-3-14(17)15(13-4-11-19-12-5-13)18-9-6-16-7-10-18/h2-3,8,13,15-16H,4-7,9-12H2,1H3/t15-/m1/s1. The van der Waals surface area contributed by atoms with E-state index in [1.807, 2.05) is 0 Å². The topological polar surface area (TPSA) is 29.4 Å². The highest BCUT2D eigenvalue weighted by molar-refractivity contribution is 5.14. The van der Waals surface area contributed by atoms with E-state index >= 15 is 0 Å². The first kappa shape index (κ1) is 13.2. The molecule has 1 aromatic heterocycles. The fraction of sp³-hybridized carbons (Fsp3) is 0.733. The first-order valence-corrected chi connectivity index (χ1v) is 7.50. The lowest BCUT2D eigenvalue weighted by molar-refractivity contribution is 0.0193. The lowest BCUT2D eigenvalue weighted by atomic mass is 9.88. The largest absolute Gasteiger partial charge is 0.381 e. The minimum Gasteiger partial charge on any atom is -0.381 e. The van der Waals surface area contributed by atoms with Crippen LogP contribution in [-0.4, -0.2) is 48.9 Å². The van der Waals surface area contributed by atoms with Crippen LogP contribution in [-0.2, 0) is 11.8 Å². The summed E-state index contributed by atoms with van der Waals surface area (Å²) < 4.78 is 7.84. The Balaban J connectivity index is 1.83. The van der Waals surface area contributed by atoms with Crippen LogP contribution in [0.5, 0.6) is 0 Å². The Hall–Kier alpha value is -0.840. The highest BCUT2D eigenvalue weighted by Gasteiger charge is 2.32. The van der Waals surface area contributed by atoms with Crippen LogP contribution < -0.4 is 5.32 Å². The van der Waals surface area contributed by atoms with Crippen molar-refractivity contribution in [3.05, 3.63) is 24.0 Å². The molecular weight excluding hydrogens is 238 g/mol. The molecule has 2 fully saturated rings. The summed E-state index contributed by atoms with van der Waals surface area (Å²) in [4.78, 5) is 2.67. The van der Waals surface area contributed by atoms with E-state index in [1.54, 1.807) is 0 Å². The number of ether oxygens (including phenoxy) is 1. The Morgan fingerprint density at radius 2 is 2.00 bits per heavy atom. The Morgan fingerprint density at radius 3 is 2.63 bits per heavy atom. The summed E-state index contributed by atoms with van der Waals surface area (Å²) >= 11 is 0. The van der Waals surface area contributed by atoms with Crippen LogP contribution in [0.3, 0.4) is 0 Å². The molecule has 0 aliphatic carbocycles. The SMILES string of the molecule is Cn1cccc1[C@@H](C1CCOCC1)N1CCNCC1. The Kier molecular flexibility index (Phi) is 4.21. The van der Waals surface area contributed by atoms with E-state index < -0.39 is 0 Å². The molecule has 1 atom stereocenters. The molecule has 0 bridgehead atoms. The molecule has 0 aromatic carbocycles. The van der Waals surface area contributed by atoms with E-state index in [0.717, 1.165) is 45.3 Å². The summed E-state index contributed by atoms with van der Waals surface area (Å²) in [5.74, 6) is 0.737. The minimum absolute atomic E-state index is 0.561. The average Bonchev–Trinajstić information content (AvgIpc) is 2.88. The van der Waals surface area contributed by atoms with Crippen molar-refractivity contribution in [1.82, 2.24) is 14.8 Å². The van der Waals surface area contributed by atoms with Gasteiger partial charge in [0.05, 0.1) is 6.04 Å². The molecule has 3 heterocycles. The highest BCUT2D eigenvalue weighted by Crippen LogP contribution is 2.35. The van der Waals surface area contributed by atoms with Crippen molar-refractivity contribution >= 4 is 0 Å². The molecular formula is C15H25N3O. The van der Waals surface area contributed by atoms with Crippen LogP contribution in [0.15, 0.2) is 18.3 Å². The molecule has 0 amide bonds. The number of rotatable bonds is 3. The molecule has 19 heavy (non-hydrogen) atoms. The molecule has 1 N–H and O–H groups in total. The molecule has 4 nitrogen and oxygen atoms in total. The number of nitrogens with zero attached hydrogens (tertiary/aromatic N) is 2. The molecule has 4 heteroatoms. The van der Waals surface area contributed by atoms with E-state index in [1.165, 1.54) is 18.5 Å². The third-order valence-corrected chi connectivity index (χ3v) is 4.54. The van der Waals surface area contributed by atoms with E-state index in [2.05, 4.69) is 40.2 Å². The smallest absolute Gasteiger partial charge is 0.0531 e. The number of aromatic nitrogens is 1. The summed E-state index contributed by atoms with van der Waals surface area (Å²) in [5.41, 5.74) is 1.47. The minimum atomic E-state index is 0.561. The maximum Gasteiger partial charge on any atom is 0.0531 e. The summed E-state index contributed by atoms with van der Waals surface area (Å²) in [7, 11) is 2.17. The van der Waals surface area contributed by atoms with Crippen LogP contribution in [0.25, 0.3) is 0 Å². The molecule has 1 aromatic rings. The van der Waals surface area contributed by atoms with Gasteiger partial charge in [0.1, 0.15) is 0 Å². The van der Waals surface area contributed by atoms with Crippen LogP contribution in [0.4, 0.5) is 0 Å². The fourth-order valence-electron chi connectivity index (χ4n) is 3.50. The van der Waals surface area contributed by atoms with Gasteiger partial charge in [-0.2, -0.15) is 0 Å². The van der Waals surface area contributed by atoms with Gasteiger partial charge in [-0.1, -0.05) is 0 Å². The predicted molar refractivity (Wildman–Crippen MR) is 76.1 cm³/mol. The normalized spacial score (nSPS) is 24.5. The van der Waals surface area contributed by atoms with Crippen molar-refractivity contribution in [3.63, 3.8) is 0 Å². The third-order valence-electron chi connectivity index (χ3n) is 4.54. The molecule has 3 rings (SSSR count). The zero-order valence-corrected chi connectivity index (χ0v) is 11.8. The van der Waals surface area contributed by atoms with Gasteiger partial charge in [-0.3, -0.25) is 4.90 Å². The molecule has 106 valence electrons. The molecule has 2 saturated heterocycles. The number of hydrogen-bond donors (Lipinski definition) is 1. The Bertz CT molecular complexity index is 374.